The van der Waals surface area contributed by atoms with Crippen LogP contribution in [0.4, 0.5) is 0 Å². The number of hydrogen-bond acceptors (Lipinski definition) is 3. The molecule has 154 valence electrons. The Morgan fingerprint density at radius 3 is 1.97 bits per heavy atom. The third-order valence-corrected chi connectivity index (χ3v) is 5.21. The van der Waals surface area contributed by atoms with E-state index >= 15 is 0 Å². The van der Waals surface area contributed by atoms with Crippen LogP contribution in [-0.2, 0) is 14.3 Å². The zero-order valence-electron chi connectivity index (χ0n) is 16.9. The van der Waals surface area contributed by atoms with Crippen LogP contribution in [-0.4, -0.2) is 43.0 Å². The summed E-state index contributed by atoms with van der Waals surface area (Å²) in [6, 6.07) is 19.7. The van der Waals surface area contributed by atoms with Gasteiger partial charge in [-0.25, -0.2) is 0 Å². The number of amides is 2. The van der Waals surface area contributed by atoms with Gasteiger partial charge in [-0.15, -0.1) is 0 Å². The summed E-state index contributed by atoms with van der Waals surface area (Å²) in [5, 5.41) is 2.82. The van der Waals surface area contributed by atoms with Crippen molar-refractivity contribution in [3.05, 3.63) is 71.8 Å². The molecule has 1 aliphatic rings. The number of hydrogen-bond donors (Lipinski definition) is 1. The second-order valence-corrected chi connectivity index (χ2v) is 7.41. The van der Waals surface area contributed by atoms with Gasteiger partial charge in [0.2, 0.25) is 11.8 Å². The van der Waals surface area contributed by atoms with Crippen LogP contribution in [0.1, 0.15) is 49.3 Å². The van der Waals surface area contributed by atoms with E-state index in [1.54, 1.807) is 0 Å². The van der Waals surface area contributed by atoms with Crippen LogP contribution >= 0.6 is 0 Å². The molecule has 3 rings (SSSR count). The van der Waals surface area contributed by atoms with Gasteiger partial charge < -0.3 is 15.0 Å². The molecule has 1 heterocycles. The number of carbonyl (C=O) groups is 2. The molecule has 0 unspecified atom stereocenters. The van der Waals surface area contributed by atoms with Gasteiger partial charge in [0.25, 0.3) is 0 Å². The van der Waals surface area contributed by atoms with Crippen molar-refractivity contribution in [3.8, 4) is 0 Å². The molecule has 29 heavy (non-hydrogen) atoms. The van der Waals surface area contributed by atoms with Crippen LogP contribution in [0.25, 0.3) is 0 Å². The molecule has 0 aliphatic carbocycles. The van der Waals surface area contributed by atoms with Crippen molar-refractivity contribution in [1.29, 1.82) is 0 Å². The summed E-state index contributed by atoms with van der Waals surface area (Å²) in [6.07, 6.45) is 4.58. The lowest BCUT2D eigenvalue weighted by Crippen LogP contribution is -2.36. The van der Waals surface area contributed by atoms with E-state index in [-0.39, 0.29) is 24.5 Å². The zero-order chi connectivity index (χ0) is 20.3. The van der Waals surface area contributed by atoms with E-state index in [4.69, 9.17) is 4.74 Å². The fraction of sp³-hybridized carbons (Fsp3) is 0.417. The second-order valence-electron chi connectivity index (χ2n) is 7.41. The lowest BCUT2D eigenvalue weighted by atomic mass is 10.0. The molecule has 5 nitrogen and oxygen atoms in total. The van der Waals surface area contributed by atoms with Crippen molar-refractivity contribution < 1.29 is 14.3 Å². The van der Waals surface area contributed by atoms with Gasteiger partial charge in [0, 0.05) is 26.1 Å². The zero-order valence-corrected chi connectivity index (χ0v) is 16.9. The smallest absolute Gasteiger partial charge is 0.246 e. The molecule has 0 atom stereocenters. The lowest BCUT2D eigenvalue weighted by molar-refractivity contribution is -0.131. The van der Waals surface area contributed by atoms with Crippen molar-refractivity contribution in [2.45, 2.75) is 38.2 Å². The van der Waals surface area contributed by atoms with E-state index in [1.165, 1.54) is 12.8 Å². The minimum Gasteiger partial charge on any atom is -0.359 e. The van der Waals surface area contributed by atoms with E-state index in [1.807, 2.05) is 65.6 Å². The van der Waals surface area contributed by atoms with Crippen molar-refractivity contribution >= 4 is 11.8 Å². The van der Waals surface area contributed by atoms with Gasteiger partial charge in [-0.3, -0.25) is 9.59 Å². The first-order valence-corrected chi connectivity index (χ1v) is 10.5. The number of ether oxygens (including phenoxy) is 1. The molecule has 2 aromatic carbocycles. The average molecular weight is 395 g/mol. The van der Waals surface area contributed by atoms with Gasteiger partial charge in [0.15, 0.2) is 0 Å². The van der Waals surface area contributed by atoms with Crippen LogP contribution in [0, 0.1) is 0 Å². The summed E-state index contributed by atoms with van der Waals surface area (Å²) in [7, 11) is 0. The van der Waals surface area contributed by atoms with Gasteiger partial charge in [-0.2, -0.15) is 0 Å². The lowest BCUT2D eigenvalue weighted by Gasteiger charge is -2.21. The number of nitrogens with one attached hydrogen (secondary N) is 1. The number of benzene rings is 2. The highest BCUT2D eigenvalue weighted by Crippen LogP contribution is 2.25. The van der Waals surface area contributed by atoms with Crippen molar-refractivity contribution in [1.82, 2.24) is 10.2 Å². The Kier molecular flexibility index (Phi) is 8.25. The van der Waals surface area contributed by atoms with Crippen LogP contribution in [0.3, 0.4) is 0 Å². The first-order chi connectivity index (χ1) is 14.2. The predicted octanol–water partition coefficient (Wildman–Crippen LogP) is 3.70. The number of rotatable bonds is 8. The number of likely N-dealkylation sites (tertiary alicyclic amines) is 1. The van der Waals surface area contributed by atoms with Crippen molar-refractivity contribution in [2.75, 3.05) is 26.2 Å². The molecule has 1 N–H and O–H groups in total. The molecule has 0 spiro atoms. The summed E-state index contributed by atoms with van der Waals surface area (Å²) in [5.74, 6) is -0.0786. The molecule has 0 saturated carbocycles. The van der Waals surface area contributed by atoms with Crippen LogP contribution in [0.2, 0.25) is 0 Å². The highest BCUT2D eigenvalue weighted by atomic mass is 16.5. The normalized spacial score (nSPS) is 14.4. The number of nitrogens with zero attached hydrogens (tertiary/aromatic N) is 1. The first kappa shape index (κ1) is 21.1. The average Bonchev–Trinajstić information content (AvgIpc) is 3.05. The summed E-state index contributed by atoms with van der Waals surface area (Å²) in [5.41, 5.74) is 2.01. The van der Waals surface area contributed by atoms with E-state index < -0.39 is 0 Å². The molecule has 1 aliphatic heterocycles. The van der Waals surface area contributed by atoms with Crippen molar-refractivity contribution in [3.63, 3.8) is 0 Å². The molecular weight excluding hydrogens is 364 g/mol. The monoisotopic (exact) mass is 394 g/mol. The van der Waals surface area contributed by atoms with Crippen molar-refractivity contribution in [2.24, 2.45) is 0 Å². The van der Waals surface area contributed by atoms with Crippen LogP contribution in [0.5, 0.6) is 0 Å². The topological polar surface area (TPSA) is 58.6 Å². The number of carbonyl (C=O) groups excluding carboxylic acids is 2. The van der Waals surface area contributed by atoms with Gasteiger partial charge in [-0.1, -0.05) is 73.5 Å². The summed E-state index contributed by atoms with van der Waals surface area (Å²) in [4.78, 5) is 26.5. The Bertz CT molecular complexity index is 717. The Labute approximate surface area is 173 Å². The quantitative estimate of drug-likeness (QED) is 0.743. The van der Waals surface area contributed by atoms with E-state index in [9.17, 15) is 9.59 Å². The minimum absolute atomic E-state index is 0.0492. The molecule has 5 heteroatoms. The maximum atomic E-state index is 12.3. The Morgan fingerprint density at radius 1 is 0.862 bits per heavy atom. The molecule has 2 amide bonds. The summed E-state index contributed by atoms with van der Waals surface area (Å²) in [6.45, 7) is 1.97. The first-order valence-electron chi connectivity index (χ1n) is 10.5. The molecule has 1 fully saturated rings. The molecule has 0 bridgehead atoms. The standard InChI is InChI=1S/C24H30N2O3/c27-22(25-16-15-23(28)26-17-9-1-2-10-18-26)19-29-24(20-11-5-3-6-12-20)21-13-7-4-8-14-21/h3-8,11-14,24H,1-2,9-10,15-19H2,(H,25,27). The summed E-state index contributed by atoms with van der Waals surface area (Å²) >= 11 is 0. The van der Waals surface area contributed by atoms with E-state index in [0.717, 1.165) is 37.1 Å². The van der Waals surface area contributed by atoms with E-state index in [0.29, 0.717) is 13.0 Å². The molecule has 0 aromatic heterocycles. The predicted molar refractivity (Wildman–Crippen MR) is 113 cm³/mol. The fourth-order valence-corrected chi connectivity index (χ4v) is 3.64. The SMILES string of the molecule is O=C(COC(c1ccccc1)c1ccccc1)NCCC(=O)N1CCCCCC1. The summed E-state index contributed by atoms with van der Waals surface area (Å²) < 4.78 is 5.96. The fourth-order valence-electron chi connectivity index (χ4n) is 3.64. The Hall–Kier alpha value is -2.66. The van der Waals surface area contributed by atoms with Crippen LogP contribution < -0.4 is 5.32 Å². The van der Waals surface area contributed by atoms with Gasteiger partial charge in [0.1, 0.15) is 12.7 Å². The third kappa shape index (κ3) is 6.71. The van der Waals surface area contributed by atoms with Gasteiger partial charge >= 0.3 is 0 Å². The largest absolute Gasteiger partial charge is 0.359 e. The third-order valence-electron chi connectivity index (χ3n) is 5.21. The highest BCUT2D eigenvalue weighted by molar-refractivity contribution is 5.79. The van der Waals surface area contributed by atoms with Crippen LogP contribution in [0.15, 0.2) is 60.7 Å². The minimum atomic E-state index is -0.304. The highest BCUT2D eigenvalue weighted by Gasteiger charge is 2.17. The van der Waals surface area contributed by atoms with Gasteiger partial charge in [-0.05, 0) is 24.0 Å². The molecule has 1 saturated heterocycles. The molecule has 2 aromatic rings. The maximum absolute atomic E-state index is 12.3. The second kappa shape index (κ2) is 11.4. The Balaban J connectivity index is 1.47. The van der Waals surface area contributed by atoms with Gasteiger partial charge in [0.05, 0.1) is 0 Å². The molecular formula is C24H30N2O3. The van der Waals surface area contributed by atoms with E-state index in [2.05, 4.69) is 5.32 Å². The Morgan fingerprint density at radius 2 is 1.41 bits per heavy atom. The maximum Gasteiger partial charge on any atom is 0.246 e. The molecule has 0 radical (unpaired) electrons.